The number of rotatable bonds is 3. The molecule has 5 nitrogen and oxygen atoms in total. The standard InChI is InChI=1S/C15H11NO4S/c1-21(18,19)14-5-3-2-4-13(14)15(17)20-12-8-6-11(10-16)7-9-12/h2-9H,1H3. The average Bonchev–Trinajstić information content (AvgIpc) is 2.47. The summed E-state index contributed by atoms with van der Waals surface area (Å²) in [6.07, 6.45) is 1.03. The number of esters is 1. The van der Waals surface area contributed by atoms with Crippen LogP contribution in [0.4, 0.5) is 0 Å². The third-order valence-corrected chi connectivity index (χ3v) is 3.86. The zero-order valence-electron chi connectivity index (χ0n) is 11.1. The Morgan fingerprint density at radius 1 is 1.10 bits per heavy atom. The lowest BCUT2D eigenvalue weighted by Gasteiger charge is -2.08. The normalized spacial score (nSPS) is 10.7. The zero-order valence-corrected chi connectivity index (χ0v) is 11.9. The minimum Gasteiger partial charge on any atom is -0.423 e. The van der Waals surface area contributed by atoms with Gasteiger partial charge < -0.3 is 4.74 Å². The molecule has 0 aromatic heterocycles. The Hall–Kier alpha value is -2.65. The van der Waals surface area contributed by atoms with Crippen LogP contribution in [0, 0.1) is 11.3 Å². The van der Waals surface area contributed by atoms with E-state index >= 15 is 0 Å². The Kier molecular flexibility index (Phi) is 4.05. The second kappa shape index (κ2) is 5.77. The smallest absolute Gasteiger partial charge is 0.344 e. The molecule has 0 saturated heterocycles. The van der Waals surface area contributed by atoms with Gasteiger partial charge in [0.15, 0.2) is 9.84 Å². The summed E-state index contributed by atoms with van der Waals surface area (Å²) in [7, 11) is -3.53. The van der Waals surface area contributed by atoms with Gasteiger partial charge in [0.25, 0.3) is 0 Å². The van der Waals surface area contributed by atoms with Crippen LogP contribution in [0.3, 0.4) is 0 Å². The van der Waals surface area contributed by atoms with Crippen LogP contribution >= 0.6 is 0 Å². The second-order valence-electron chi connectivity index (χ2n) is 4.29. The molecule has 0 fully saturated rings. The highest BCUT2D eigenvalue weighted by molar-refractivity contribution is 7.90. The van der Waals surface area contributed by atoms with Crippen molar-refractivity contribution in [1.29, 1.82) is 5.26 Å². The first-order chi connectivity index (χ1) is 9.91. The van der Waals surface area contributed by atoms with E-state index in [0.717, 1.165) is 6.26 Å². The Balaban J connectivity index is 2.31. The zero-order chi connectivity index (χ0) is 15.5. The monoisotopic (exact) mass is 301 g/mol. The summed E-state index contributed by atoms with van der Waals surface area (Å²) in [6.45, 7) is 0. The van der Waals surface area contributed by atoms with Gasteiger partial charge in [-0.15, -0.1) is 0 Å². The molecule has 0 aliphatic carbocycles. The first-order valence-electron chi connectivity index (χ1n) is 5.93. The third kappa shape index (κ3) is 3.46. The van der Waals surface area contributed by atoms with Gasteiger partial charge in [-0.25, -0.2) is 13.2 Å². The molecule has 0 atom stereocenters. The van der Waals surface area contributed by atoms with E-state index < -0.39 is 15.8 Å². The molecular weight excluding hydrogens is 290 g/mol. The van der Waals surface area contributed by atoms with Crippen molar-refractivity contribution in [3.05, 3.63) is 59.7 Å². The maximum atomic E-state index is 12.1. The molecule has 0 radical (unpaired) electrons. The van der Waals surface area contributed by atoms with E-state index in [1.54, 1.807) is 6.07 Å². The number of nitriles is 1. The third-order valence-electron chi connectivity index (χ3n) is 2.70. The maximum absolute atomic E-state index is 12.1. The predicted molar refractivity (Wildman–Crippen MR) is 75.7 cm³/mol. The number of hydrogen-bond donors (Lipinski definition) is 0. The molecule has 2 rings (SSSR count). The largest absolute Gasteiger partial charge is 0.423 e. The Morgan fingerprint density at radius 3 is 2.29 bits per heavy atom. The minimum absolute atomic E-state index is 0.0237. The van der Waals surface area contributed by atoms with E-state index in [9.17, 15) is 13.2 Å². The Morgan fingerprint density at radius 2 is 1.71 bits per heavy atom. The van der Waals surface area contributed by atoms with Crippen LogP contribution in [0.25, 0.3) is 0 Å². The number of carbonyl (C=O) groups excluding carboxylic acids is 1. The van der Waals surface area contributed by atoms with Crippen molar-refractivity contribution in [2.75, 3.05) is 6.26 Å². The van der Waals surface area contributed by atoms with Gasteiger partial charge in [-0.2, -0.15) is 5.26 Å². The van der Waals surface area contributed by atoms with E-state index in [0.29, 0.717) is 5.56 Å². The molecule has 0 unspecified atom stereocenters. The van der Waals surface area contributed by atoms with Gasteiger partial charge >= 0.3 is 5.97 Å². The lowest BCUT2D eigenvalue weighted by atomic mass is 10.2. The first kappa shape index (κ1) is 14.8. The minimum atomic E-state index is -3.53. The van der Waals surface area contributed by atoms with Gasteiger partial charge in [0.1, 0.15) is 5.75 Å². The highest BCUT2D eigenvalue weighted by Gasteiger charge is 2.19. The predicted octanol–water partition coefficient (Wildman–Crippen LogP) is 2.18. The highest BCUT2D eigenvalue weighted by Crippen LogP contribution is 2.19. The molecular formula is C15H11NO4S. The van der Waals surface area contributed by atoms with Crippen LogP contribution in [0.15, 0.2) is 53.4 Å². The number of hydrogen-bond acceptors (Lipinski definition) is 5. The molecule has 21 heavy (non-hydrogen) atoms. The van der Waals surface area contributed by atoms with Crippen molar-refractivity contribution in [3.63, 3.8) is 0 Å². The molecule has 0 N–H and O–H groups in total. The fourth-order valence-corrected chi connectivity index (χ4v) is 2.59. The van der Waals surface area contributed by atoms with Crippen molar-refractivity contribution >= 4 is 15.8 Å². The fourth-order valence-electron chi connectivity index (χ4n) is 1.72. The fraction of sp³-hybridized carbons (Fsp3) is 0.0667. The maximum Gasteiger partial charge on any atom is 0.344 e. The summed E-state index contributed by atoms with van der Waals surface area (Å²) in [5, 5.41) is 8.69. The molecule has 0 bridgehead atoms. The highest BCUT2D eigenvalue weighted by atomic mass is 32.2. The van der Waals surface area contributed by atoms with Gasteiger partial charge in [-0.3, -0.25) is 0 Å². The quantitative estimate of drug-likeness (QED) is 0.641. The summed E-state index contributed by atoms with van der Waals surface area (Å²) >= 11 is 0. The lowest BCUT2D eigenvalue weighted by Crippen LogP contribution is -2.13. The Labute approximate surface area is 122 Å². The summed E-state index contributed by atoms with van der Waals surface area (Å²) in [4.78, 5) is 12.0. The van der Waals surface area contributed by atoms with Crippen LogP contribution in [0.5, 0.6) is 5.75 Å². The molecule has 2 aromatic rings. The van der Waals surface area contributed by atoms with E-state index in [1.807, 2.05) is 6.07 Å². The molecule has 0 aliphatic heterocycles. The van der Waals surface area contributed by atoms with Gasteiger partial charge in [0.05, 0.1) is 22.1 Å². The van der Waals surface area contributed by atoms with Gasteiger partial charge in [-0.05, 0) is 36.4 Å². The molecule has 6 heteroatoms. The Bertz CT molecular complexity index is 817. The lowest BCUT2D eigenvalue weighted by molar-refractivity contribution is 0.0730. The summed E-state index contributed by atoms with van der Waals surface area (Å²) in [5.74, 6) is -0.525. The number of sulfone groups is 1. The van der Waals surface area contributed by atoms with Crippen molar-refractivity contribution in [1.82, 2.24) is 0 Å². The van der Waals surface area contributed by atoms with Gasteiger partial charge in [0.2, 0.25) is 0 Å². The SMILES string of the molecule is CS(=O)(=O)c1ccccc1C(=O)Oc1ccc(C#N)cc1. The molecule has 0 aliphatic rings. The molecule has 0 spiro atoms. The van der Waals surface area contributed by atoms with Crippen LogP contribution in [0.1, 0.15) is 15.9 Å². The molecule has 2 aromatic carbocycles. The summed E-state index contributed by atoms with van der Waals surface area (Å²) in [5.41, 5.74) is 0.413. The van der Waals surface area contributed by atoms with E-state index in [1.165, 1.54) is 42.5 Å². The average molecular weight is 301 g/mol. The van der Waals surface area contributed by atoms with Gasteiger partial charge in [-0.1, -0.05) is 12.1 Å². The van der Waals surface area contributed by atoms with Gasteiger partial charge in [0, 0.05) is 6.26 Å². The van der Waals surface area contributed by atoms with Crippen LogP contribution in [-0.2, 0) is 9.84 Å². The van der Waals surface area contributed by atoms with E-state index in [-0.39, 0.29) is 16.2 Å². The van der Waals surface area contributed by atoms with E-state index in [2.05, 4.69) is 0 Å². The molecule has 0 saturated carbocycles. The van der Waals surface area contributed by atoms with Crippen LogP contribution in [-0.4, -0.2) is 20.6 Å². The topological polar surface area (TPSA) is 84.2 Å². The second-order valence-corrected chi connectivity index (χ2v) is 6.28. The molecule has 106 valence electrons. The van der Waals surface area contributed by atoms with Crippen molar-refractivity contribution < 1.29 is 17.9 Å². The molecule has 0 heterocycles. The van der Waals surface area contributed by atoms with E-state index in [4.69, 9.17) is 10.00 Å². The number of nitrogens with zero attached hydrogens (tertiary/aromatic N) is 1. The molecule has 0 amide bonds. The van der Waals surface area contributed by atoms with Crippen molar-refractivity contribution in [3.8, 4) is 11.8 Å². The van der Waals surface area contributed by atoms with Crippen molar-refractivity contribution in [2.24, 2.45) is 0 Å². The van der Waals surface area contributed by atoms with Crippen LogP contribution < -0.4 is 4.74 Å². The number of ether oxygens (including phenoxy) is 1. The van der Waals surface area contributed by atoms with Crippen molar-refractivity contribution in [2.45, 2.75) is 4.90 Å². The summed E-state index contributed by atoms with van der Waals surface area (Å²) in [6, 6.07) is 13.7. The summed E-state index contributed by atoms with van der Waals surface area (Å²) < 4.78 is 28.4. The number of benzene rings is 2. The first-order valence-corrected chi connectivity index (χ1v) is 7.82. The number of carbonyl (C=O) groups is 1. The van der Waals surface area contributed by atoms with Crippen LogP contribution in [0.2, 0.25) is 0 Å².